The molecular formula is C13H12BrFN2. The molecule has 0 amide bonds. The van der Waals surface area contributed by atoms with Crippen molar-refractivity contribution in [1.82, 2.24) is 4.98 Å². The van der Waals surface area contributed by atoms with Gasteiger partial charge in [-0.25, -0.2) is 4.39 Å². The van der Waals surface area contributed by atoms with Crippen LogP contribution in [0.15, 0.2) is 47.1 Å². The van der Waals surface area contributed by atoms with Gasteiger partial charge in [-0.15, -0.1) is 0 Å². The third-order valence-corrected chi connectivity index (χ3v) is 3.26. The molecule has 0 bridgehead atoms. The Morgan fingerprint density at radius 2 is 2.12 bits per heavy atom. The fourth-order valence-electron chi connectivity index (χ4n) is 1.62. The van der Waals surface area contributed by atoms with Gasteiger partial charge in [-0.3, -0.25) is 4.98 Å². The molecule has 1 unspecified atom stereocenters. The Morgan fingerprint density at radius 1 is 1.29 bits per heavy atom. The Hall–Kier alpha value is -1.26. The monoisotopic (exact) mass is 294 g/mol. The van der Waals surface area contributed by atoms with Gasteiger partial charge in [-0.1, -0.05) is 28.1 Å². The van der Waals surface area contributed by atoms with Crippen LogP contribution in [-0.4, -0.2) is 4.98 Å². The standard InChI is InChI=1S/C13H12BrFN2/c14-11-8-10(15)5-4-9(11)7-12(16)13-3-1-2-6-17-13/h1-6,8,12H,7,16H2. The second-order valence-corrected chi connectivity index (χ2v) is 4.66. The van der Waals surface area contributed by atoms with Crippen LogP contribution in [0.2, 0.25) is 0 Å². The summed E-state index contributed by atoms with van der Waals surface area (Å²) in [6.45, 7) is 0. The largest absolute Gasteiger partial charge is 0.322 e. The van der Waals surface area contributed by atoms with Crippen molar-refractivity contribution in [2.24, 2.45) is 5.73 Å². The second-order valence-electron chi connectivity index (χ2n) is 3.80. The zero-order chi connectivity index (χ0) is 12.3. The Bertz CT molecular complexity index is 502. The minimum absolute atomic E-state index is 0.182. The molecule has 0 aliphatic rings. The molecule has 1 heterocycles. The molecule has 0 saturated heterocycles. The van der Waals surface area contributed by atoms with Gasteiger partial charge in [0.25, 0.3) is 0 Å². The average molecular weight is 295 g/mol. The van der Waals surface area contributed by atoms with E-state index in [2.05, 4.69) is 20.9 Å². The van der Waals surface area contributed by atoms with E-state index < -0.39 is 0 Å². The number of nitrogens with two attached hydrogens (primary N) is 1. The van der Waals surface area contributed by atoms with Gasteiger partial charge in [0.15, 0.2) is 0 Å². The molecule has 2 rings (SSSR count). The van der Waals surface area contributed by atoms with E-state index in [1.165, 1.54) is 12.1 Å². The molecule has 4 heteroatoms. The molecule has 1 aromatic carbocycles. The highest BCUT2D eigenvalue weighted by molar-refractivity contribution is 9.10. The summed E-state index contributed by atoms with van der Waals surface area (Å²) >= 11 is 3.33. The Labute approximate surface area is 108 Å². The molecular weight excluding hydrogens is 283 g/mol. The van der Waals surface area contributed by atoms with Crippen molar-refractivity contribution < 1.29 is 4.39 Å². The third kappa shape index (κ3) is 3.11. The lowest BCUT2D eigenvalue weighted by Crippen LogP contribution is -2.15. The lowest BCUT2D eigenvalue weighted by Gasteiger charge is -2.12. The predicted octanol–water partition coefficient (Wildman–Crippen LogP) is 3.23. The van der Waals surface area contributed by atoms with Crippen molar-refractivity contribution in [3.05, 3.63) is 64.1 Å². The molecule has 2 nitrogen and oxygen atoms in total. The van der Waals surface area contributed by atoms with Crippen molar-refractivity contribution in [2.45, 2.75) is 12.5 Å². The van der Waals surface area contributed by atoms with Crippen LogP contribution in [0.4, 0.5) is 4.39 Å². The summed E-state index contributed by atoms with van der Waals surface area (Å²) in [5.74, 6) is -0.257. The van der Waals surface area contributed by atoms with E-state index in [0.29, 0.717) is 6.42 Å². The average Bonchev–Trinajstić information content (AvgIpc) is 2.34. The Kier molecular flexibility index (Phi) is 3.86. The van der Waals surface area contributed by atoms with Crippen LogP contribution in [0, 0.1) is 5.82 Å². The normalized spacial score (nSPS) is 12.4. The molecule has 1 atom stereocenters. The van der Waals surface area contributed by atoms with E-state index in [0.717, 1.165) is 15.7 Å². The second kappa shape index (κ2) is 5.38. The maximum absolute atomic E-state index is 12.9. The van der Waals surface area contributed by atoms with Crippen molar-refractivity contribution in [2.75, 3.05) is 0 Å². The molecule has 2 N–H and O–H groups in total. The summed E-state index contributed by atoms with van der Waals surface area (Å²) in [5, 5.41) is 0. The molecule has 0 saturated carbocycles. The first-order valence-corrected chi connectivity index (χ1v) is 6.06. The molecule has 0 fully saturated rings. The van der Waals surface area contributed by atoms with E-state index in [9.17, 15) is 4.39 Å². The number of nitrogens with zero attached hydrogens (tertiary/aromatic N) is 1. The minimum atomic E-state index is -0.257. The van der Waals surface area contributed by atoms with Crippen LogP contribution in [-0.2, 0) is 6.42 Å². The Balaban J connectivity index is 2.16. The predicted molar refractivity (Wildman–Crippen MR) is 69.0 cm³/mol. The molecule has 1 aromatic heterocycles. The van der Waals surface area contributed by atoms with Crippen LogP contribution in [0.3, 0.4) is 0 Å². The highest BCUT2D eigenvalue weighted by atomic mass is 79.9. The highest BCUT2D eigenvalue weighted by Crippen LogP contribution is 2.22. The molecule has 2 aromatic rings. The molecule has 0 aliphatic carbocycles. The van der Waals surface area contributed by atoms with Crippen LogP contribution in [0.5, 0.6) is 0 Å². The number of aromatic nitrogens is 1. The summed E-state index contributed by atoms with van der Waals surface area (Å²) in [6.07, 6.45) is 2.34. The maximum Gasteiger partial charge on any atom is 0.124 e. The van der Waals surface area contributed by atoms with Crippen molar-refractivity contribution in [3.63, 3.8) is 0 Å². The first kappa shape index (κ1) is 12.2. The molecule has 0 spiro atoms. The lowest BCUT2D eigenvalue weighted by molar-refractivity contribution is 0.623. The first-order chi connectivity index (χ1) is 8.16. The van der Waals surface area contributed by atoms with Gasteiger partial charge in [-0.2, -0.15) is 0 Å². The quantitative estimate of drug-likeness (QED) is 0.944. The molecule has 0 radical (unpaired) electrons. The van der Waals surface area contributed by atoms with E-state index >= 15 is 0 Å². The Morgan fingerprint density at radius 3 is 2.76 bits per heavy atom. The van der Waals surface area contributed by atoms with Gasteiger partial charge in [0.1, 0.15) is 5.82 Å². The van der Waals surface area contributed by atoms with Gasteiger partial charge in [0.05, 0.1) is 11.7 Å². The topological polar surface area (TPSA) is 38.9 Å². The van der Waals surface area contributed by atoms with E-state index in [1.807, 2.05) is 18.2 Å². The van der Waals surface area contributed by atoms with Crippen molar-refractivity contribution in [1.29, 1.82) is 0 Å². The van der Waals surface area contributed by atoms with Gasteiger partial charge in [-0.05, 0) is 36.2 Å². The summed E-state index contributed by atoms with van der Waals surface area (Å²) in [7, 11) is 0. The summed E-state index contributed by atoms with van der Waals surface area (Å²) in [4.78, 5) is 4.21. The number of rotatable bonds is 3. The van der Waals surface area contributed by atoms with Gasteiger partial charge in [0.2, 0.25) is 0 Å². The SMILES string of the molecule is NC(Cc1ccc(F)cc1Br)c1ccccn1. The smallest absolute Gasteiger partial charge is 0.124 e. The van der Waals surface area contributed by atoms with E-state index in [-0.39, 0.29) is 11.9 Å². The summed E-state index contributed by atoms with van der Waals surface area (Å²) in [5.41, 5.74) is 7.87. The zero-order valence-corrected chi connectivity index (χ0v) is 10.7. The van der Waals surface area contributed by atoms with E-state index in [4.69, 9.17) is 5.73 Å². The maximum atomic E-state index is 12.9. The van der Waals surface area contributed by atoms with Crippen LogP contribution < -0.4 is 5.73 Å². The summed E-state index contributed by atoms with van der Waals surface area (Å²) < 4.78 is 13.7. The third-order valence-electron chi connectivity index (χ3n) is 2.52. The van der Waals surface area contributed by atoms with Gasteiger partial charge in [0, 0.05) is 10.7 Å². The molecule has 0 aliphatic heterocycles. The van der Waals surface area contributed by atoms with Crippen LogP contribution >= 0.6 is 15.9 Å². The number of halogens is 2. The van der Waals surface area contributed by atoms with Crippen LogP contribution in [0.1, 0.15) is 17.3 Å². The fraction of sp³-hybridized carbons (Fsp3) is 0.154. The number of pyridine rings is 1. The first-order valence-electron chi connectivity index (χ1n) is 5.27. The van der Waals surface area contributed by atoms with E-state index in [1.54, 1.807) is 12.3 Å². The van der Waals surface area contributed by atoms with Crippen molar-refractivity contribution >= 4 is 15.9 Å². The number of hydrogen-bond donors (Lipinski definition) is 1. The van der Waals surface area contributed by atoms with Crippen molar-refractivity contribution in [3.8, 4) is 0 Å². The van der Waals surface area contributed by atoms with Gasteiger partial charge < -0.3 is 5.73 Å². The molecule has 17 heavy (non-hydrogen) atoms. The highest BCUT2D eigenvalue weighted by Gasteiger charge is 2.10. The number of benzene rings is 1. The lowest BCUT2D eigenvalue weighted by atomic mass is 10.0. The van der Waals surface area contributed by atoms with Gasteiger partial charge >= 0.3 is 0 Å². The zero-order valence-electron chi connectivity index (χ0n) is 9.11. The molecule has 88 valence electrons. The van der Waals surface area contributed by atoms with Crippen LogP contribution in [0.25, 0.3) is 0 Å². The minimum Gasteiger partial charge on any atom is -0.322 e. The fourth-order valence-corrected chi connectivity index (χ4v) is 2.14. The number of hydrogen-bond acceptors (Lipinski definition) is 2. The summed E-state index contributed by atoms with van der Waals surface area (Å²) in [6, 6.07) is 10.1.